The van der Waals surface area contributed by atoms with Gasteiger partial charge in [0, 0.05) is 5.02 Å². The molecule has 0 aliphatic carbocycles. The summed E-state index contributed by atoms with van der Waals surface area (Å²) in [7, 11) is -1.98. The van der Waals surface area contributed by atoms with E-state index in [0.717, 1.165) is 15.4 Å². The summed E-state index contributed by atoms with van der Waals surface area (Å²) >= 11 is 51.7. The summed E-state index contributed by atoms with van der Waals surface area (Å²) < 4.78 is 0. The minimum absolute atomic E-state index is 0. The molecule has 6 rings (SSSR count). The number of hydrogen-bond donors (Lipinski definition) is 0. The Kier molecular flexibility index (Phi) is 44.2. The molecule has 0 nitrogen and oxygen atoms in total. The third kappa shape index (κ3) is 35.6. The van der Waals surface area contributed by atoms with Crippen LogP contribution in [-0.4, -0.2) is 72.9 Å². The van der Waals surface area contributed by atoms with Gasteiger partial charge in [-0.15, -0.1) is 77.6 Å². The normalized spacial score (nSPS) is 9.81. The number of halogens is 12. The summed E-state index contributed by atoms with van der Waals surface area (Å²) in [5, 5.41) is 5.45. The van der Waals surface area contributed by atoms with Crippen molar-refractivity contribution in [3.8, 4) is 0 Å². The van der Waals surface area contributed by atoms with E-state index >= 15 is 0 Å². The molecule has 0 fully saturated rings. The first kappa shape index (κ1) is 68.3. The second-order valence-corrected chi connectivity index (χ2v) is 42.3. The van der Waals surface area contributed by atoms with Crippen molar-refractivity contribution in [1.82, 2.24) is 0 Å². The van der Waals surface area contributed by atoms with Crippen LogP contribution < -0.4 is 58.0 Å². The molecule has 306 valence electrons. The SMILES string of the molecule is C[Si](Cl)(Cl)Cl.C[Si](Cl)(Cl)c1ccccc1.C[Si](Cl)(Cl)c1ccccc1.C[Si](Cl)(c1ccccc1)c1ccccc1.Clc1ccccc1.[Cl-].[Cl-].[Cl-].[Mg+2].[Mg+2].[c-]1ccccc1. The van der Waals surface area contributed by atoms with E-state index < -0.39 is 26.8 Å². The zero-order valence-electron chi connectivity index (χ0n) is 32.3. The van der Waals surface area contributed by atoms with Gasteiger partial charge in [0.25, 0.3) is 13.4 Å². The molecule has 0 N–H and O–H groups in total. The van der Waals surface area contributed by atoms with Gasteiger partial charge in [-0.3, -0.25) is 0 Å². The van der Waals surface area contributed by atoms with Crippen LogP contribution in [0.1, 0.15) is 0 Å². The van der Waals surface area contributed by atoms with Crippen molar-refractivity contribution in [1.29, 1.82) is 0 Å². The molecule has 0 spiro atoms. The molecule has 0 atom stereocenters. The predicted octanol–water partition coefficient (Wildman–Crippen LogP) is 3.85. The number of rotatable bonds is 4. The van der Waals surface area contributed by atoms with Gasteiger partial charge in [0.15, 0.2) is 0 Å². The van der Waals surface area contributed by atoms with Gasteiger partial charge in [-0.1, -0.05) is 151 Å². The standard InChI is InChI=1S/C13H13ClSi.2C7H8Cl2Si.C6H5Cl.C6H5.CH3Cl3Si.3ClH.2Mg/c1-15(14,12-8-4-2-5-9-12)13-10-6-3-7-11-13;2*1-10(8,9)7-5-3-2-4-6-7;7-6-4-2-1-3-5-6;1-2-4-6-5-3-1;1-5(2,3)4;;;;;/h2-11H,1H3;2*2-6H,1H3;1-5H;1-5H;1H3;3*1H;;/q;;;;-1;;;;;2*+2/p-3. The summed E-state index contributed by atoms with van der Waals surface area (Å²) in [4.78, 5) is 0. The van der Waals surface area contributed by atoms with Crippen molar-refractivity contribution >= 4 is 194 Å². The van der Waals surface area contributed by atoms with Gasteiger partial charge in [0.05, 0.1) is 0 Å². The fourth-order valence-corrected chi connectivity index (χ4v) is 9.83. The molecular weight excluding hydrogens is 1070 g/mol. The van der Waals surface area contributed by atoms with E-state index in [2.05, 4.69) is 36.9 Å². The van der Waals surface area contributed by atoms with Crippen LogP contribution in [0.3, 0.4) is 0 Å². The van der Waals surface area contributed by atoms with Crippen molar-refractivity contribution in [2.24, 2.45) is 0 Å². The van der Waals surface area contributed by atoms with Crippen LogP contribution in [0.15, 0.2) is 182 Å². The average molecular weight is 1110 g/mol. The molecule has 6 aromatic rings. The molecule has 0 aliphatic heterocycles. The van der Waals surface area contributed by atoms with Crippen LogP contribution in [-0.2, 0) is 0 Å². The summed E-state index contributed by atoms with van der Waals surface area (Å²) in [6.45, 7) is 3.40. The molecule has 6 aromatic carbocycles. The molecular formula is C40H42Cl12Mg2Si4. The van der Waals surface area contributed by atoms with Crippen LogP contribution in [0, 0.1) is 6.07 Å². The van der Waals surface area contributed by atoms with E-state index in [4.69, 9.17) is 100 Å². The van der Waals surface area contributed by atoms with Crippen molar-refractivity contribution in [3.05, 3.63) is 193 Å². The van der Waals surface area contributed by atoms with Crippen molar-refractivity contribution < 1.29 is 37.2 Å². The molecule has 0 bridgehead atoms. The maximum Gasteiger partial charge on any atom is 2.00 e. The molecule has 58 heavy (non-hydrogen) atoms. The molecule has 0 saturated carbocycles. The van der Waals surface area contributed by atoms with E-state index in [1.807, 2.05) is 171 Å². The van der Waals surface area contributed by atoms with Crippen LogP contribution in [0.25, 0.3) is 0 Å². The van der Waals surface area contributed by atoms with Gasteiger partial charge in [-0.25, -0.2) is 0 Å². The molecule has 0 unspecified atom stereocenters. The zero-order valence-corrected chi connectivity index (χ0v) is 48.2. The van der Waals surface area contributed by atoms with E-state index in [-0.39, 0.29) is 83.3 Å². The largest absolute Gasteiger partial charge is 2.00 e. The topological polar surface area (TPSA) is 0 Å². The van der Waals surface area contributed by atoms with Crippen LogP contribution in [0.4, 0.5) is 0 Å². The molecule has 0 aliphatic rings. The third-order valence-electron chi connectivity index (χ3n) is 6.53. The fourth-order valence-electron chi connectivity index (χ4n) is 3.89. The third-order valence-corrected chi connectivity index (χ3v) is 16.2. The second kappa shape index (κ2) is 37.6. The monoisotopic (exact) mass is 1100 g/mol. The molecule has 0 radical (unpaired) electrons. The Labute approximate surface area is 444 Å². The molecule has 18 heteroatoms. The van der Waals surface area contributed by atoms with Crippen LogP contribution in [0.2, 0.25) is 31.2 Å². The second-order valence-electron chi connectivity index (χ2n) is 11.4. The minimum Gasteiger partial charge on any atom is -1.00 e. The van der Waals surface area contributed by atoms with Crippen LogP contribution in [0.5, 0.6) is 0 Å². The minimum atomic E-state index is -2.19. The van der Waals surface area contributed by atoms with Gasteiger partial charge >= 0.3 is 52.1 Å². The molecule has 0 aromatic heterocycles. The first-order valence-electron chi connectivity index (χ1n) is 16.2. The first-order chi connectivity index (χ1) is 24.8. The Morgan fingerprint density at radius 3 is 0.690 bits per heavy atom. The fraction of sp³-hybridized carbons (Fsp3) is 0.100. The molecule has 0 amide bonds. The Morgan fingerprint density at radius 2 is 0.552 bits per heavy atom. The first-order valence-corrected chi connectivity index (χ1v) is 34.6. The van der Waals surface area contributed by atoms with Crippen LogP contribution >= 0.6 is 100 Å². The summed E-state index contributed by atoms with van der Waals surface area (Å²) in [6.07, 6.45) is 0. The Balaban J connectivity index is -0.000000197. The maximum atomic E-state index is 6.73. The van der Waals surface area contributed by atoms with E-state index in [1.165, 1.54) is 10.4 Å². The van der Waals surface area contributed by atoms with Gasteiger partial charge in [0.2, 0.25) is 7.38 Å². The van der Waals surface area contributed by atoms with Gasteiger partial charge < -0.3 is 37.2 Å². The summed E-state index contributed by atoms with van der Waals surface area (Å²) in [5.41, 5.74) is 0. The average Bonchev–Trinajstić information content (AvgIpc) is 3.14. The number of benzene rings is 6. The van der Waals surface area contributed by atoms with E-state index in [0.29, 0.717) is 0 Å². The molecule has 0 heterocycles. The summed E-state index contributed by atoms with van der Waals surface area (Å²) in [6, 6.07) is 60.0. The van der Waals surface area contributed by atoms with Gasteiger partial charge in [-0.2, -0.15) is 47.5 Å². The van der Waals surface area contributed by atoms with Crippen molar-refractivity contribution in [2.45, 2.75) is 26.2 Å². The number of hydrogen-bond acceptors (Lipinski definition) is 0. The predicted molar refractivity (Wildman–Crippen MR) is 266 cm³/mol. The van der Waals surface area contributed by atoms with E-state index in [1.54, 1.807) is 6.55 Å². The van der Waals surface area contributed by atoms with Gasteiger partial charge in [0.1, 0.15) is 0 Å². The zero-order chi connectivity index (χ0) is 39.8. The Hall–Kier alpha value is 1.20. The smallest absolute Gasteiger partial charge is 1.00 e. The molecule has 0 saturated heterocycles. The van der Waals surface area contributed by atoms with Crippen molar-refractivity contribution in [2.75, 3.05) is 0 Å². The van der Waals surface area contributed by atoms with Gasteiger partial charge in [-0.05, 0) is 59.1 Å². The Morgan fingerprint density at radius 1 is 0.345 bits per heavy atom. The van der Waals surface area contributed by atoms with Crippen molar-refractivity contribution in [3.63, 3.8) is 0 Å². The van der Waals surface area contributed by atoms with E-state index in [9.17, 15) is 0 Å². The quantitative estimate of drug-likeness (QED) is 0.143. The Bertz CT molecular complexity index is 1630. The summed E-state index contributed by atoms with van der Waals surface area (Å²) in [5.74, 6) is 0. The maximum absolute atomic E-state index is 6.73.